The molecule has 88 valence electrons. The molecule has 0 bridgehead atoms. The minimum atomic E-state index is -0.657. The molecule has 1 rings (SSSR count). The lowest BCUT2D eigenvalue weighted by atomic mass is 10.0. The van der Waals surface area contributed by atoms with Gasteiger partial charge in [0.2, 0.25) is 0 Å². The quantitative estimate of drug-likeness (QED) is 0.629. The van der Waals surface area contributed by atoms with Gasteiger partial charge in [-0.3, -0.25) is 0 Å². The highest BCUT2D eigenvalue weighted by molar-refractivity contribution is 5.92. The molecule has 0 aliphatic carbocycles. The van der Waals surface area contributed by atoms with Crippen molar-refractivity contribution >= 4 is 5.97 Å². The van der Waals surface area contributed by atoms with Gasteiger partial charge in [0.1, 0.15) is 11.3 Å². The lowest BCUT2D eigenvalue weighted by molar-refractivity contribution is 0.0597. The normalized spacial score (nSPS) is 12.2. The molecule has 1 unspecified atom stereocenters. The molecule has 1 aromatic carbocycles. The molecule has 0 radical (unpaired) electrons. The van der Waals surface area contributed by atoms with Crippen molar-refractivity contribution in [2.24, 2.45) is 5.73 Å². The fourth-order valence-electron chi connectivity index (χ4n) is 1.34. The van der Waals surface area contributed by atoms with Gasteiger partial charge < -0.3 is 20.7 Å². The van der Waals surface area contributed by atoms with Crippen LogP contribution in [0, 0.1) is 0 Å². The minimum Gasteiger partial charge on any atom is -0.507 e. The first kappa shape index (κ1) is 12.5. The van der Waals surface area contributed by atoms with Crippen molar-refractivity contribution in [2.45, 2.75) is 12.5 Å². The van der Waals surface area contributed by atoms with E-state index in [-0.39, 0.29) is 17.9 Å². The van der Waals surface area contributed by atoms with Crippen molar-refractivity contribution in [3.05, 3.63) is 29.3 Å². The molecule has 0 heterocycles. The zero-order valence-corrected chi connectivity index (χ0v) is 9.01. The van der Waals surface area contributed by atoms with Crippen LogP contribution in [-0.2, 0) is 11.2 Å². The summed E-state index contributed by atoms with van der Waals surface area (Å²) in [4.78, 5) is 11.3. The van der Waals surface area contributed by atoms with E-state index in [9.17, 15) is 15.0 Å². The van der Waals surface area contributed by atoms with Crippen molar-refractivity contribution in [2.75, 3.05) is 13.7 Å². The second-order valence-electron chi connectivity index (χ2n) is 3.44. The molecule has 4 N–H and O–H groups in total. The summed E-state index contributed by atoms with van der Waals surface area (Å²) in [6, 6.07) is 4.51. The Morgan fingerprint density at radius 3 is 2.81 bits per heavy atom. The van der Waals surface area contributed by atoms with Crippen molar-refractivity contribution in [1.29, 1.82) is 0 Å². The first-order chi connectivity index (χ1) is 7.58. The van der Waals surface area contributed by atoms with Gasteiger partial charge in [-0.25, -0.2) is 4.79 Å². The molecule has 1 aromatic rings. The van der Waals surface area contributed by atoms with Gasteiger partial charge >= 0.3 is 5.97 Å². The summed E-state index contributed by atoms with van der Waals surface area (Å²) in [5.74, 6) is -0.751. The Hall–Kier alpha value is -1.59. The third kappa shape index (κ3) is 2.95. The van der Waals surface area contributed by atoms with Crippen LogP contribution in [0.5, 0.6) is 5.75 Å². The SMILES string of the molecule is COC(=O)c1cc(CC(O)CN)ccc1O. The van der Waals surface area contributed by atoms with E-state index in [2.05, 4.69) is 4.74 Å². The number of carbonyl (C=O) groups is 1. The first-order valence-corrected chi connectivity index (χ1v) is 4.86. The number of carbonyl (C=O) groups excluding carboxylic acids is 1. The number of hydrogen-bond acceptors (Lipinski definition) is 5. The molecular formula is C11H15NO4. The van der Waals surface area contributed by atoms with Gasteiger partial charge in [-0.1, -0.05) is 6.07 Å². The highest BCUT2D eigenvalue weighted by atomic mass is 16.5. The van der Waals surface area contributed by atoms with E-state index in [0.29, 0.717) is 6.42 Å². The van der Waals surface area contributed by atoms with Crippen LogP contribution < -0.4 is 5.73 Å². The third-order valence-electron chi connectivity index (χ3n) is 2.21. The lowest BCUT2D eigenvalue weighted by Gasteiger charge is -2.09. The zero-order chi connectivity index (χ0) is 12.1. The Kier molecular flexibility index (Phi) is 4.28. The average molecular weight is 225 g/mol. The maximum Gasteiger partial charge on any atom is 0.341 e. The fourth-order valence-corrected chi connectivity index (χ4v) is 1.34. The van der Waals surface area contributed by atoms with Gasteiger partial charge in [0.15, 0.2) is 0 Å². The molecule has 0 aromatic heterocycles. The predicted octanol–water partition coefficient (Wildman–Crippen LogP) is 0.0409. The predicted molar refractivity (Wildman–Crippen MR) is 58.2 cm³/mol. The largest absolute Gasteiger partial charge is 0.507 e. The summed E-state index contributed by atoms with van der Waals surface area (Å²) in [5.41, 5.74) is 6.09. The number of nitrogens with two attached hydrogens (primary N) is 1. The molecule has 0 spiro atoms. The van der Waals surface area contributed by atoms with E-state index in [1.165, 1.54) is 19.2 Å². The van der Waals surface area contributed by atoms with Gasteiger partial charge in [0.05, 0.1) is 13.2 Å². The van der Waals surface area contributed by atoms with E-state index in [0.717, 1.165) is 5.56 Å². The smallest absolute Gasteiger partial charge is 0.341 e. The van der Waals surface area contributed by atoms with Crippen LogP contribution in [0.25, 0.3) is 0 Å². The van der Waals surface area contributed by atoms with Crippen LogP contribution in [0.1, 0.15) is 15.9 Å². The lowest BCUT2D eigenvalue weighted by Crippen LogP contribution is -2.22. The van der Waals surface area contributed by atoms with E-state index in [1.54, 1.807) is 6.07 Å². The van der Waals surface area contributed by atoms with Crippen molar-refractivity contribution < 1.29 is 19.7 Å². The maximum absolute atomic E-state index is 11.3. The number of phenols is 1. The molecule has 1 atom stereocenters. The van der Waals surface area contributed by atoms with E-state index in [4.69, 9.17) is 5.73 Å². The summed E-state index contributed by atoms with van der Waals surface area (Å²) in [7, 11) is 1.24. The number of aliphatic hydroxyl groups is 1. The Bertz CT molecular complexity index is 378. The molecule has 0 saturated carbocycles. The number of methoxy groups -OCH3 is 1. The number of phenolic OH excluding ortho intramolecular Hbond substituents is 1. The van der Waals surface area contributed by atoms with Gasteiger partial charge in [0, 0.05) is 6.54 Å². The van der Waals surface area contributed by atoms with E-state index in [1.807, 2.05) is 0 Å². The van der Waals surface area contributed by atoms with Gasteiger partial charge in [-0.2, -0.15) is 0 Å². The van der Waals surface area contributed by atoms with E-state index < -0.39 is 12.1 Å². The number of hydrogen-bond donors (Lipinski definition) is 3. The van der Waals surface area contributed by atoms with E-state index >= 15 is 0 Å². The fraction of sp³-hybridized carbons (Fsp3) is 0.364. The summed E-state index contributed by atoms with van der Waals surface area (Å²) in [5, 5.41) is 18.8. The first-order valence-electron chi connectivity index (χ1n) is 4.86. The average Bonchev–Trinajstić information content (AvgIpc) is 2.30. The molecular weight excluding hydrogens is 210 g/mol. The van der Waals surface area contributed by atoms with Crippen LogP contribution in [0.2, 0.25) is 0 Å². The van der Waals surface area contributed by atoms with Crippen molar-refractivity contribution in [3.8, 4) is 5.75 Å². The standard InChI is InChI=1S/C11H15NO4/c1-16-11(15)9-5-7(2-3-10(9)14)4-8(13)6-12/h2-3,5,8,13-14H,4,6,12H2,1H3. The number of rotatable bonds is 4. The molecule has 5 heteroatoms. The number of benzene rings is 1. The molecule has 0 aliphatic rings. The van der Waals surface area contributed by atoms with Gasteiger partial charge in [0.25, 0.3) is 0 Å². The monoisotopic (exact) mass is 225 g/mol. The number of esters is 1. The molecule has 16 heavy (non-hydrogen) atoms. The second kappa shape index (κ2) is 5.48. The minimum absolute atomic E-state index is 0.0872. The van der Waals surface area contributed by atoms with Crippen LogP contribution in [0.4, 0.5) is 0 Å². The molecule has 5 nitrogen and oxygen atoms in total. The molecule has 0 saturated heterocycles. The Balaban J connectivity index is 2.93. The highest BCUT2D eigenvalue weighted by Crippen LogP contribution is 2.20. The van der Waals surface area contributed by atoms with Gasteiger partial charge in [-0.05, 0) is 24.1 Å². The van der Waals surface area contributed by atoms with Crippen molar-refractivity contribution in [1.82, 2.24) is 0 Å². The van der Waals surface area contributed by atoms with Crippen LogP contribution >= 0.6 is 0 Å². The topological polar surface area (TPSA) is 92.8 Å². The number of aliphatic hydroxyl groups excluding tert-OH is 1. The maximum atomic E-state index is 11.3. The third-order valence-corrected chi connectivity index (χ3v) is 2.21. The second-order valence-corrected chi connectivity index (χ2v) is 3.44. The molecule has 0 amide bonds. The zero-order valence-electron chi connectivity index (χ0n) is 9.01. The Morgan fingerprint density at radius 2 is 2.25 bits per heavy atom. The molecule has 0 aliphatic heterocycles. The van der Waals surface area contributed by atoms with Crippen LogP contribution in [0.15, 0.2) is 18.2 Å². The van der Waals surface area contributed by atoms with Crippen molar-refractivity contribution in [3.63, 3.8) is 0 Å². The van der Waals surface area contributed by atoms with Crippen LogP contribution in [-0.4, -0.2) is 35.9 Å². The summed E-state index contributed by atoms with van der Waals surface area (Å²) in [6.07, 6.45) is -0.323. The Labute approximate surface area is 93.5 Å². The Morgan fingerprint density at radius 1 is 1.56 bits per heavy atom. The highest BCUT2D eigenvalue weighted by Gasteiger charge is 2.13. The summed E-state index contributed by atoms with van der Waals surface area (Å²) >= 11 is 0. The summed E-state index contributed by atoms with van der Waals surface area (Å²) < 4.78 is 4.52. The molecule has 0 fully saturated rings. The van der Waals surface area contributed by atoms with Crippen LogP contribution in [0.3, 0.4) is 0 Å². The number of aromatic hydroxyl groups is 1. The summed E-state index contributed by atoms with van der Waals surface area (Å²) in [6.45, 7) is 0.147. The van der Waals surface area contributed by atoms with Gasteiger partial charge in [-0.15, -0.1) is 0 Å². The number of ether oxygens (including phenoxy) is 1.